The van der Waals surface area contributed by atoms with E-state index in [9.17, 15) is 4.79 Å². The van der Waals surface area contributed by atoms with Crippen LogP contribution in [-0.2, 0) is 17.6 Å². The second-order valence-electron chi connectivity index (χ2n) is 5.51. The molecule has 0 fully saturated rings. The first-order valence-electron chi connectivity index (χ1n) is 7.33. The van der Waals surface area contributed by atoms with E-state index in [0.717, 1.165) is 17.0 Å². The van der Waals surface area contributed by atoms with Crippen LogP contribution in [0.25, 0.3) is 11.1 Å². The van der Waals surface area contributed by atoms with E-state index in [1.807, 2.05) is 23.6 Å². The van der Waals surface area contributed by atoms with Gasteiger partial charge in [0.25, 0.3) is 0 Å². The van der Waals surface area contributed by atoms with E-state index < -0.39 is 0 Å². The molecule has 3 aromatic rings. The van der Waals surface area contributed by atoms with Gasteiger partial charge in [-0.2, -0.15) is 0 Å². The lowest BCUT2D eigenvalue weighted by atomic mass is 10.1. The van der Waals surface area contributed by atoms with Crippen LogP contribution in [0.1, 0.15) is 16.0 Å². The molecule has 1 aromatic heterocycles. The molecule has 0 bridgehead atoms. The molecule has 0 saturated carbocycles. The Morgan fingerprint density at radius 2 is 1.86 bits per heavy atom. The predicted octanol–water partition coefficient (Wildman–Crippen LogP) is 4.50. The minimum absolute atomic E-state index is 0.0358. The van der Waals surface area contributed by atoms with Crippen LogP contribution in [0.3, 0.4) is 0 Å². The molecule has 22 heavy (non-hydrogen) atoms. The number of nitrogens with one attached hydrogen (secondary N) is 1. The minimum atomic E-state index is 0.0358. The van der Waals surface area contributed by atoms with Gasteiger partial charge in [0, 0.05) is 10.6 Å². The maximum atomic E-state index is 12.1. The molecule has 0 radical (unpaired) electrons. The molecule has 108 valence electrons. The van der Waals surface area contributed by atoms with Crippen molar-refractivity contribution in [2.75, 3.05) is 5.32 Å². The van der Waals surface area contributed by atoms with Crippen LogP contribution >= 0.6 is 11.3 Å². The van der Waals surface area contributed by atoms with Crippen LogP contribution in [-0.4, -0.2) is 5.91 Å². The number of amides is 1. The van der Waals surface area contributed by atoms with Crippen LogP contribution in [0.5, 0.6) is 0 Å². The smallest absolute Gasteiger partial charge is 0.229 e. The molecule has 1 heterocycles. The highest BCUT2D eigenvalue weighted by Crippen LogP contribution is 2.37. The van der Waals surface area contributed by atoms with Gasteiger partial charge in [-0.1, -0.05) is 36.4 Å². The van der Waals surface area contributed by atoms with Gasteiger partial charge >= 0.3 is 0 Å². The lowest BCUT2D eigenvalue weighted by molar-refractivity contribution is -0.115. The topological polar surface area (TPSA) is 29.1 Å². The summed E-state index contributed by atoms with van der Waals surface area (Å²) in [6.07, 6.45) is 1.42. The Kier molecular flexibility index (Phi) is 3.28. The molecule has 0 saturated heterocycles. The first-order chi connectivity index (χ1) is 10.8. The van der Waals surface area contributed by atoms with E-state index in [0.29, 0.717) is 6.42 Å². The standard InChI is InChI=1S/C19H15NOS/c21-19(12-16-5-3-9-22-16)20-15-8-7-14-10-13-4-1-2-6-17(13)18(14)11-15/h1-9,11H,10,12H2,(H,20,21). The number of carbonyl (C=O) groups is 1. The molecular weight excluding hydrogens is 290 g/mol. The number of thiophene rings is 1. The molecule has 4 rings (SSSR count). The molecule has 1 amide bonds. The molecule has 0 atom stereocenters. The zero-order valence-corrected chi connectivity index (χ0v) is 12.8. The first kappa shape index (κ1) is 13.3. The van der Waals surface area contributed by atoms with Gasteiger partial charge in [-0.3, -0.25) is 4.79 Å². The highest BCUT2D eigenvalue weighted by Gasteiger charge is 2.18. The Labute approximate surface area is 133 Å². The van der Waals surface area contributed by atoms with Crippen molar-refractivity contribution in [1.82, 2.24) is 0 Å². The van der Waals surface area contributed by atoms with Crippen molar-refractivity contribution in [3.8, 4) is 11.1 Å². The number of carbonyl (C=O) groups excluding carboxylic acids is 1. The summed E-state index contributed by atoms with van der Waals surface area (Å²) in [5.41, 5.74) is 6.09. The predicted molar refractivity (Wildman–Crippen MR) is 91.3 cm³/mol. The van der Waals surface area contributed by atoms with Crippen molar-refractivity contribution in [2.24, 2.45) is 0 Å². The monoisotopic (exact) mass is 305 g/mol. The van der Waals surface area contributed by atoms with Gasteiger partial charge in [-0.05, 0) is 52.3 Å². The van der Waals surface area contributed by atoms with E-state index in [4.69, 9.17) is 0 Å². The molecule has 0 spiro atoms. The third-order valence-electron chi connectivity index (χ3n) is 4.00. The molecule has 0 aliphatic heterocycles. The van der Waals surface area contributed by atoms with E-state index in [1.54, 1.807) is 11.3 Å². The number of fused-ring (bicyclic) bond motifs is 3. The van der Waals surface area contributed by atoms with Crippen molar-refractivity contribution in [3.63, 3.8) is 0 Å². The normalized spacial score (nSPS) is 11.8. The maximum absolute atomic E-state index is 12.1. The van der Waals surface area contributed by atoms with Gasteiger partial charge in [0.1, 0.15) is 0 Å². The van der Waals surface area contributed by atoms with E-state index in [1.165, 1.54) is 22.3 Å². The van der Waals surface area contributed by atoms with Crippen molar-refractivity contribution >= 4 is 22.9 Å². The highest BCUT2D eigenvalue weighted by atomic mass is 32.1. The Morgan fingerprint density at radius 3 is 2.73 bits per heavy atom. The lowest BCUT2D eigenvalue weighted by Crippen LogP contribution is -2.13. The van der Waals surface area contributed by atoms with Gasteiger partial charge in [-0.15, -0.1) is 11.3 Å². The van der Waals surface area contributed by atoms with Crippen LogP contribution < -0.4 is 5.32 Å². The molecule has 3 heteroatoms. The number of hydrogen-bond donors (Lipinski definition) is 1. The summed E-state index contributed by atoms with van der Waals surface area (Å²) < 4.78 is 0. The van der Waals surface area contributed by atoms with Crippen LogP contribution in [0.2, 0.25) is 0 Å². The Morgan fingerprint density at radius 1 is 1.00 bits per heavy atom. The number of anilines is 1. The van der Waals surface area contributed by atoms with Crippen molar-refractivity contribution in [1.29, 1.82) is 0 Å². The summed E-state index contributed by atoms with van der Waals surface area (Å²) in [6, 6.07) is 18.6. The molecule has 2 aromatic carbocycles. The highest BCUT2D eigenvalue weighted by molar-refractivity contribution is 7.10. The molecular formula is C19H15NOS. The van der Waals surface area contributed by atoms with Crippen molar-refractivity contribution in [3.05, 3.63) is 76.0 Å². The Bertz CT molecular complexity index is 836. The average Bonchev–Trinajstić information content (AvgIpc) is 3.14. The van der Waals surface area contributed by atoms with Crippen LogP contribution in [0.15, 0.2) is 60.0 Å². The van der Waals surface area contributed by atoms with Crippen LogP contribution in [0.4, 0.5) is 5.69 Å². The summed E-state index contributed by atoms with van der Waals surface area (Å²) in [7, 11) is 0. The molecule has 0 unspecified atom stereocenters. The fourth-order valence-corrected chi connectivity index (χ4v) is 3.68. The Balaban J connectivity index is 1.57. The third kappa shape index (κ3) is 2.44. The summed E-state index contributed by atoms with van der Waals surface area (Å²) in [6.45, 7) is 0. The third-order valence-corrected chi connectivity index (χ3v) is 4.87. The number of rotatable bonds is 3. The van der Waals surface area contributed by atoms with Crippen molar-refractivity contribution < 1.29 is 4.79 Å². The number of benzene rings is 2. The number of hydrogen-bond acceptors (Lipinski definition) is 2. The van der Waals surface area contributed by atoms with Gasteiger partial charge < -0.3 is 5.32 Å². The quantitative estimate of drug-likeness (QED) is 0.593. The summed E-state index contributed by atoms with van der Waals surface area (Å²) in [5.74, 6) is 0.0358. The second-order valence-corrected chi connectivity index (χ2v) is 6.54. The molecule has 2 nitrogen and oxygen atoms in total. The fraction of sp³-hybridized carbons (Fsp3) is 0.105. The van der Waals surface area contributed by atoms with Gasteiger partial charge in [0.2, 0.25) is 5.91 Å². The van der Waals surface area contributed by atoms with E-state index in [2.05, 4.69) is 41.7 Å². The fourth-order valence-electron chi connectivity index (χ4n) is 2.98. The summed E-state index contributed by atoms with van der Waals surface area (Å²) >= 11 is 1.61. The first-order valence-corrected chi connectivity index (χ1v) is 8.21. The van der Waals surface area contributed by atoms with Gasteiger partial charge in [-0.25, -0.2) is 0 Å². The zero-order valence-electron chi connectivity index (χ0n) is 12.0. The summed E-state index contributed by atoms with van der Waals surface area (Å²) in [5, 5.41) is 5.00. The maximum Gasteiger partial charge on any atom is 0.229 e. The van der Waals surface area contributed by atoms with Gasteiger partial charge in [0.05, 0.1) is 6.42 Å². The summed E-state index contributed by atoms with van der Waals surface area (Å²) in [4.78, 5) is 13.2. The lowest BCUT2D eigenvalue weighted by Gasteiger charge is -2.07. The van der Waals surface area contributed by atoms with Crippen LogP contribution in [0, 0.1) is 0 Å². The largest absolute Gasteiger partial charge is 0.326 e. The van der Waals surface area contributed by atoms with Crippen molar-refractivity contribution in [2.45, 2.75) is 12.8 Å². The van der Waals surface area contributed by atoms with E-state index >= 15 is 0 Å². The molecule has 1 aliphatic carbocycles. The van der Waals surface area contributed by atoms with E-state index in [-0.39, 0.29) is 5.91 Å². The molecule has 1 N–H and O–H groups in total. The average molecular weight is 305 g/mol. The Hall–Kier alpha value is -2.39. The second kappa shape index (κ2) is 5.43. The van der Waals surface area contributed by atoms with Gasteiger partial charge in [0.15, 0.2) is 0 Å². The molecule has 1 aliphatic rings. The minimum Gasteiger partial charge on any atom is -0.326 e. The zero-order chi connectivity index (χ0) is 14.9. The SMILES string of the molecule is O=C(Cc1cccs1)Nc1ccc2c(c1)-c1ccccc1C2.